The van der Waals surface area contributed by atoms with Crippen LogP contribution in [0.1, 0.15) is 412 Å². The van der Waals surface area contributed by atoms with Gasteiger partial charge in [0.2, 0.25) is 0 Å². The van der Waals surface area contributed by atoms with Crippen LogP contribution in [0.2, 0.25) is 0 Å². The van der Waals surface area contributed by atoms with E-state index in [-0.39, 0.29) is 32.0 Å². The highest BCUT2D eigenvalue weighted by Gasteiger charge is 2.27. The number of rotatable bonds is 83. The third-order valence-corrected chi connectivity index (χ3v) is 20.7. The summed E-state index contributed by atoms with van der Waals surface area (Å²) in [6.07, 6.45) is 125. The minimum absolute atomic E-state index is 0.0251. The van der Waals surface area contributed by atoms with E-state index in [1.165, 1.54) is 263 Å². The predicted octanol–water partition coefficient (Wildman–Crippen LogP) is 30.6. The number of likely N-dealkylation sites (N-methyl/N-ethyl adjacent to an activating group) is 1. The van der Waals surface area contributed by atoms with Gasteiger partial charge in [0.1, 0.15) is 19.8 Å². The normalized spacial score (nSPS) is 13.6. The molecular formula is C96H171NO8P+. The van der Waals surface area contributed by atoms with Crippen molar-refractivity contribution in [1.82, 2.24) is 0 Å². The summed E-state index contributed by atoms with van der Waals surface area (Å²) in [5, 5.41) is 0. The Balaban J connectivity index is 3.96. The quantitative estimate of drug-likeness (QED) is 0.0211. The van der Waals surface area contributed by atoms with Gasteiger partial charge in [-0.15, -0.1) is 0 Å². The zero-order valence-electron chi connectivity index (χ0n) is 70.1. The third kappa shape index (κ3) is 89.0. The number of allylic oxidation sites excluding steroid dienone is 22. The maximum Gasteiger partial charge on any atom is 0.472 e. The van der Waals surface area contributed by atoms with Gasteiger partial charge in [-0.1, -0.05) is 436 Å². The van der Waals surface area contributed by atoms with Crippen molar-refractivity contribution in [1.29, 1.82) is 0 Å². The molecule has 0 heterocycles. The molecular weight excluding hydrogens is 1330 g/mol. The van der Waals surface area contributed by atoms with Crippen molar-refractivity contribution in [3.05, 3.63) is 134 Å². The Morgan fingerprint density at radius 2 is 0.538 bits per heavy atom. The van der Waals surface area contributed by atoms with Crippen molar-refractivity contribution in [2.45, 2.75) is 418 Å². The summed E-state index contributed by atoms with van der Waals surface area (Å²) in [6.45, 7) is 4.35. The Morgan fingerprint density at radius 3 is 0.802 bits per heavy atom. The molecule has 0 aliphatic heterocycles. The number of unbranched alkanes of at least 4 members (excludes halogenated alkanes) is 47. The molecule has 612 valence electrons. The fourth-order valence-corrected chi connectivity index (χ4v) is 13.7. The van der Waals surface area contributed by atoms with Gasteiger partial charge in [0.05, 0.1) is 27.7 Å². The second-order valence-electron chi connectivity index (χ2n) is 31.3. The maximum atomic E-state index is 12.9. The van der Waals surface area contributed by atoms with Crippen molar-refractivity contribution < 1.29 is 42.1 Å². The highest BCUT2D eigenvalue weighted by atomic mass is 31.2. The van der Waals surface area contributed by atoms with Crippen LogP contribution in [0.3, 0.4) is 0 Å². The molecule has 0 fully saturated rings. The average Bonchev–Trinajstić information content (AvgIpc) is 0.908. The van der Waals surface area contributed by atoms with E-state index < -0.39 is 26.5 Å². The Bertz CT molecular complexity index is 2260. The summed E-state index contributed by atoms with van der Waals surface area (Å²) in [6, 6.07) is 0. The number of carbonyl (C=O) groups is 2. The number of nitrogens with zero attached hydrogens (tertiary/aromatic N) is 1. The van der Waals surface area contributed by atoms with Crippen LogP contribution in [-0.2, 0) is 32.7 Å². The van der Waals surface area contributed by atoms with E-state index in [1.807, 2.05) is 21.1 Å². The molecule has 0 aromatic rings. The van der Waals surface area contributed by atoms with Crippen LogP contribution in [0.4, 0.5) is 0 Å². The molecule has 0 aromatic carbocycles. The monoisotopic (exact) mass is 1500 g/mol. The second kappa shape index (κ2) is 85.2. The molecule has 1 N–H and O–H groups in total. The lowest BCUT2D eigenvalue weighted by atomic mass is 10.0. The molecule has 0 saturated carbocycles. The second-order valence-corrected chi connectivity index (χ2v) is 32.7. The first kappa shape index (κ1) is 102. The van der Waals surface area contributed by atoms with E-state index in [9.17, 15) is 19.0 Å². The molecule has 2 atom stereocenters. The Hall–Kier alpha value is -3.85. The zero-order chi connectivity index (χ0) is 76.8. The van der Waals surface area contributed by atoms with Crippen LogP contribution in [0, 0.1) is 0 Å². The number of hydrogen-bond acceptors (Lipinski definition) is 7. The van der Waals surface area contributed by atoms with Crippen LogP contribution >= 0.6 is 7.82 Å². The molecule has 0 amide bonds. The molecule has 9 nitrogen and oxygen atoms in total. The van der Waals surface area contributed by atoms with Crippen LogP contribution in [0.5, 0.6) is 0 Å². The van der Waals surface area contributed by atoms with Gasteiger partial charge in [0.25, 0.3) is 0 Å². The summed E-state index contributed by atoms with van der Waals surface area (Å²) in [7, 11) is 1.47. The van der Waals surface area contributed by atoms with E-state index in [4.69, 9.17) is 18.5 Å². The van der Waals surface area contributed by atoms with E-state index in [0.29, 0.717) is 17.4 Å². The van der Waals surface area contributed by atoms with Crippen LogP contribution in [0.15, 0.2) is 134 Å². The van der Waals surface area contributed by atoms with Crippen molar-refractivity contribution >= 4 is 19.8 Å². The van der Waals surface area contributed by atoms with Crippen molar-refractivity contribution in [3.63, 3.8) is 0 Å². The van der Waals surface area contributed by atoms with Gasteiger partial charge in [0, 0.05) is 12.8 Å². The van der Waals surface area contributed by atoms with Crippen LogP contribution in [0.25, 0.3) is 0 Å². The molecule has 0 aromatic heterocycles. The predicted molar refractivity (Wildman–Crippen MR) is 464 cm³/mol. The molecule has 2 unspecified atom stereocenters. The third-order valence-electron chi connectivity index (χ3n) is 19.7. The van der Waals surface area contributed by atoms with Gasteiger partial charge in [-0.2, -0.15) is 0 Å². The largest absolute Gasteiger partial charge is 0.472 e. The van der Waals surface area contributed by atoms with E-state index in [0.717, 1.165) is 116 Å². The van der Waals surface area contributed by atoms with E-state index >= 15 is 0 Å². The number of quaternary nitrogens is 1. The minimum Gasteiger partial charge on any atom is -0.462 e. The maximum absolute atomic E-state index is 12.9. The first-order chi connectivity index (χ1) is 52.0. The lowest BCUT2D eigenvalue weighted by Crippen LogP contribution is -2.37. The summed E-state index contributed by atoms with van der Waals surface area (Å²) in [5.41, 5.74) is 0. The van der Waals surface area contributed by atoms with E-state index in [1.54, 1.807) is 0 Å². The molecule has 0 rings (SSSR count). The summed E-state index contributed by atoms with van der Waals surface area (Å²) < 4.78 is 34.9. The molecule has 106 heavy (non-hydrogen) atoms. The van der Waals surface area contributed by atoms with Crippen LogP contribution < -0.4 is 0 Å². The van der Waals surface area contributed by atoms with Crippen molar-refractivity contribution in [3.8, 4) is 0 Å². The van der Waals surface area contributed by atoms with Crippen molar-refractivity contribution in [2.75, 3.05) is 47.5 Å². The molecule has 0 saturated heterocycles. The fraction of sp³-hybridized carbons (Fsp3) is 0.750. The first-order valence-electron chi connectivity index (χ1n) is 44.9. The van der Waals surface area contributed by atoms with Crippen molar-refractivity contribution in [2.24, 2.45) is 0 Å². The lowest BCUT2D eigenvalue weighted by Gasteiger charge is -2.24. The van der Waals surface area contributed by atoms with Gasteiger partial charge < -0.3 is 18.9 Å². The van der Waals surface area contributed by atoms with Gasteiger partial charge in [0.15, 0.2) is 6.10 Å². The Labute approximate surface area is 657 Å². The fourth-order valence-electron chi connectivity index (χ4n) is 12.9. The Kier molecular flexibility index (Phi) is 82.1. The average molecular weight is 1500 g/mol. The summed E-state index contributed by atoms with van der Waals surface area (Å²) in [5.74, 6) is -0.801. The first-order valence-corrected chi connectivity index (χ1v) is 46.4. The molecule has 0 aliphatic carbocycles. The number of ether oxygens (including phenoxy) is 2. The van der Waals surface area contributed by atoms with Gasteiger partial charge in [-0.25, -0.2) is 4.57 Å². The Morgan fingerprint density at radius 1 is 0.302 bits per heavy atom. The minimum atomic E-state index is -4.41. The molecule has 0 radical (unpaired) electrons. The molecule has 0 bridgehead atoms. The number of phosphoric ester groups is 1. The van der Waals surface area contributed by atoms with Gasteiger partial charge in [-0.3, -0.25) is 18.6 Å². The summed E-state index contributed by atoms with van der Waals surface area (Å²) in [4.78, 5) is 36.1. The van der Waals surface area contributed by atoms with E-state index in [2.05, 4.69) is 148 Å². The van der Waals surface area contributed by atoms with Gasteiger partial charge >= 0.3 is 19.8 Å². The topological polar surface area (TPSA) is 108 Å². The smallest absolute Gasteiger partial charge is 0.462 e. The number of hydrogen-bond donors (Lipinski definition) is 1. The van der Waals surface area contributed by atoms with Crippen LogP contribution in [-0.4, -0.2) is 74.9 Å². The molecule has 10 heteroatoms. The number of carbonyl (C=O) groups excluding carboxylic acids is 2. The highest BCUT2D eigenvalue weighted by Crippen LogP contribution is 2.43. The number of esters is 2. The molecule has 0 spiro atoms. The lowest BCUT2D eigenvalue weighted by molar-refractivity contribution is -0.870. The van der Waals surface area contributed by atoms with Gasteiger partial charge in [-0.05, 0) is 96.3 Å². The highest BCUT2D eigenvalue weighted by molar-refractivity contribution is 7.47. The SMILES string of the molecule is CC/C=C\C/C=C\C/C=C\C/C=C\C/C=C\C/C=C\C/C=C\C/C=C\C/C=C\C/C=C\C/C=C\CCCCCCCCCC(=O)OC(COC(=O)CCCCCCCCCCCCCCCCCCCCCCCCCCCCCCCCCCCCCCCCCCC)COP(=O)(O)OCC[N+](C)(C)C. The standard InChI is InChI=1S/C96H170NO8P/c1-6-8-10-12-14-16-18-20-22-24-26-28-30-32-34-36-38-40-42-44-46-48-50-52-54-56-58-60-62-64-66-68-70-72-74-76-78-80-82-84-86-88-95(98)102-92-94(93-104-106(100,101)103-91-90-97(3,4)5)105-96(99)89-87-85-83-81-79-77-75-73-71-69-67-65-63-61-59-57-55-53-51-49-47-45-43-41-39-37-35-33-31-29-27-25-23-21-19-17-15-13-11-9-7-2/h9,11,15,17,21,23,27,29,33,35,39,41,45,47,51,53,57,59,63,65,69,71,94H,6-8,10,12-14,16,18-20,22,24-26,28,30-32,34,36-38,40,42-44,46,48-50,52,54-56,58,60-62,64,66-68,70,72-93H2,1-5H3/p+1/b11-9-,17-15-,23-21-,29-27-,35-33-,41-39-,47-45-,53-51-,59-57-,65-63-,71-69-. The zero-order valence-corrected chi connectivity index (χ0v) is 71.0. The number of phosphoric acid groups is 1. The molecule has 0 aliphatic rings. The summed E-state index contributed by atoms with van der Waals surface area (Å²) >= 11 is 0.